The number of aromatic nitrogens is 1. The molecular formula is C19H25N3O2S. The second kappa shape index (κ2) is 7.54. The molecule has 1 atom stereocenters. The van der Waals surface area contributed by atoms with Gasteiger partial charge in [0.1, 0.15) is 10.7 Å². The summed E-state index contributed by atoms with van der Waals surface area (Å²) >= 11 is 0. The normalized spacial score (nSPS) is 17.3. The van der Waals surface area contributed by atoms with Crippen LogP contribution in [0.4, 0.5) is 5.82 Å². The van der Waals surface area contributed by atoms with E-state index in [4.69, 9.17) is 0 Å². The third-order valence-electron chi connectivity index (χ3n) is 4.77. The van der Waals surface area contributed by atoms with Gasteiger partial charge in [0, 0.05) is 19.3 Å². The molecule has 1 aliphatic rings. The lowest BCUT2D eigenvalue weighted by Gasteiger charge is -2.27. The van der Waals surface area contributed by atoms with E-state index in [9.17, 15) is 8.42 Å². The van der Waals surface area contributed by atoms with Gasteiger partial charge >= 0.3 is 0 Å². The molecule has 5 nitrogen and oxygen atoms in total. The quantitative estimate of drug-likeness (QED) is 0.856. The third kappa shape index (κ3) is 3.70. The molecule has 3 rings (SSSR count). The van der Waals surface area contributed by atoms with Crippen LogP contribution in [0.3, 0.4) is 0 Å². The van der Waals surface area contributed by atoms with Crippen LogP contribution < -0.4 is 5.32 Å². The predicted molar refractivity (Wildman–Crippen MR) is 100 cm³/mol. The smallest absolute Gasteiger partial charge is 0.244 e. The van der Waals surface area contributed by atoms with Gasteiger partial charge in [-0.1, -0.05) is 38.1 Å². The lowest BCUT2D eigenvalue weighted by molar-refractivity contribution is 0.445. The van der Waals surface area contributed by atoms with Crippen molar-refractivity contribution in [3.8, 4) is 0 Å². The van der Waals surface area contributed by atoms with Crippen LogP contribution >= 0.6 is 0 Å². The number of fused-ring (bicyclic) bond motifs is 1. The predicted octanol–water partition coefficient (Wildman–Crippen LogP) is 3.60. The number of nitrogens with one attached hydrogen (secondary N) is 1. The van der Waals surface area contributed by atoms with E-state index in [-0.39, 0.29) is 10.9 Å². The number of pyridine rings is 1. The summed E-state index contributed by atoms with van der Waals surface area (Å²) < 4.78 is 26.5. The van der Waals surface area contributed by atoms with Gasteiger partial charge in [-0.2, -0.15) is 4.31 Å². The minimum atomic E-state index is -3.46. The first-order chi connectivity index (χ1) is 12.1. The van der Waals surface area contributed by atoms with Gasteiger partial charge in [-0.05, 0) is 42.5 Å². The standard InChI is InChI=1S/C19H25N3O2S/c1-3-22(4-2)25(23,24)16-12-13-19(20-14-16)21-18-11-7-9-15-8-5-6-10-17(15)18/h5-6,8,10,12-14,18H,3-4,7,9,11H2,1-2H3,(H,20,21)/t18-/m0/s1. The monoisotopic (exact) mass is 359 g/mol. The summed E-state index contributed by atoms with van der Waals surface area (Å²) in [6.07, 6.45) is 4.76. The molecule has 2 aromatic rings. The van der Waals surface area contributed by atoms with E-state index >= 15 is 0 Å². The lowest BCUT2D eigenvalue weighted by atomic mass is 9.88. The Morgan fingerprint density at radius 1 is 1.16 bits per heavy atom. The first-order valence-corrected chi connectivity index (χ1v) is 10.3. The number of rotatable bonds is 6. The first-order valence-electron chi connectivity index (χ1n) is 8.86. The van der Waals surface area contributed by atoms with Crippen LogP contribution in [-0.4, -0.2) is 30.8 Å². The molecule has 0 radical (unpaired) electrons. The van der Waals surface area contributed by atoms with Crippen molar-refractivity contribution in [1.29, 1.82) is 0 Å². The lowest BCUT2D eigenvalue weighted by Crippen LogP contribution is -2.30. The van der Waals surface area contributed by atoms with Crippen LogP contribution in [-0.2, 0) is 16.4 Å². The van der Waals surface area contributed by atoms with Crippen LogP contribution in [0.15, 0.2) is 47.5 Å². The summed E-state index contributed by atoms with van der Waals surface area (Å²) in [5.41, 5.74) is 2.70. The van der Waals surface area contributed by atoms with Gasteiger partial charge in [0.15, 0.2) is 0 Å². The van der Waals surface area contributed by atoms with Gasteiger partial charge in [0.25, 0.3) is 0 Å². The highest BCUT2D eigenvalue weighted by Crippen LogP contribution is 2.32. The fourth-order valence-electron chi connectivity index (χ4n) is 3.41. The summed E-state index contributed by atoms with van der Waals surface area (Å²) in [5, 5.41) is 3.45. The van der Waals surface area contributed by atoms with Crippen molar-refractivity contribution in [3.63, 3.8) is 0 Å². The molecule has 0 bridgehead atoms. The SMILES string of the molecule is CCN(CC)S(=O)(=O)c1ccc(N[C@H]2CCCc3ccccc32)nc1. The zero-order valence-electron chi connectivity index (χ0n) is 14.8. The average Bonchev–Trinajstić information content (AvgIpc) is 2.63. The Morgan fingerprint density at radius 2 is 1.92 bits per heavy atom. The number of sulfonamides is 1. The van der Waals surface area contributed by atoms with Crippen molar-refractivity contribution in [3.05, 3.63) is 53.7 Å². The van der Waals surface area contributed by atoms with Crippen LogP contribution in [0.25, 0.3) is 0 Å². The van der Waals surface area contributed by atoms with Crippen molar-refractivity contribution in [2.45, 2.75) is 44.0 Å². The van der Waals surface area contributed by atoms with Gasteiger partial charge < -0.3 is 5.32 Å². The molecule has 6 heteroatoms. The minimum Gasteiger partial charge on any atom is -0.363 e. The van der Waals surface area contributed by atoms with Crippen molar-refractivity contribution < 1.29 is 8.42 Å². The van der Waals surface area contributed by atoms with Gasteiger partial charge in [0.05, 0.1) is 6.04 Å². The third-order valence-corrected chi connectivity index (χ3v) is 6.80. The molecule has 25 heavy (non-hydrogen) atoms. The molecule has 0 aliphatic heterocycles. The highest BCUT2D eigenvalue weighted by atomic mass is 32.2. The molecule has 1 N–H and O–H groups in total. The molecule has 0 saturated carbocycles. The highest BCUT2D eigenvalue weighted by Gasteiger charge is 2.23. The number of aryl methyl sites for hydroxylation is 1. The van der Waals surface area contributed by atoms with E-state index in [0.717, 1.165) is 19.3 Å². The topological polar surface area (TPSA) is 62.3 Å². The van der Waals surface area contributed by atoms with E-state index in [2.05, 4.69) is 34.6 Å². The number of benzene rings is 1. The van der Waals surface area contributed by atoms with Gasteiger partial charge in [-0.25, -0.2) is 13.4 Å². The molecule has 1 heterocycles. The molecule has 0 fully saturated rings. The van der Waals surface area contributed by atoms with Crippen molar-refractivity contribution >= 4 is 15.8 Å². The molecule has 0 amide bonds. The summed E-state index contributed by atoms with van der Waals surface area (Å²) in [4.78, 5) is 4.59. The first kappa shape index (κ1) is 17.9. The Bertz CT molecular complexity index is 815. The minimum absolute atomic E-state index is 0.225. The van der Waals surface area contributed by atoms with E-state index < -0.39 is 10.0 Å². The Hall–Kier alpha value is -1.92. The second-order valence-corrected chi connectivity index (χ2v) is 8.19. The number of hydrogen-bond acceptors (Lipinski definition) is 4. The van der Waals surface area contributed by atoms with Gasteiger partial charge in [-0.3, -0.25) is 0 Å². The van der Waals surface area contributed by atoms with E-state index in [1.54, 1.807) is 12.1 Å². The van der Waals surface area contributed by atoms with E-state index in [0.29, 0.717) is 18.9 Å². The van der Waals surface area contributed by atoms with Gasteiger partial charge in [-0.15, -0.1) is 0 Å². The highest BCUT2D eigenvalue weighted by molar-refractivity contribution is 7.89. The van der Waals surface area contributed by atoms with Crippen molar-refractivity contribution in [2.24, 2.45) is 0 Å². The molecular weight excluding hydrogens is 334 g/mol. The van der Waals surface area contributed by atoms with Crippen LogP contribution in [0.5, 0.6) is 0 Å². The maximum Gasteiger partial charge on any atom is 0.244 e. The van der Waals surface area contributed by atoms with Crippen molar-refractivity contribution in [2.75, 3.05) is 18.4 Å². The summed E-state index contributed by atoms with van der Waals surface area (Å²) in [5.74, 6) is 0.709. The molecule has 0 spiro atoms. The van der Waals surface area contributed by atoms with E-state index in [1.807, 2.05) is 13.8 Å². The molecule has 1 aliphatic carbocycles. The summed E-state index contributed by atoms with van der Waals surface area (Å²) in [6.45, 7) is 4.59. The fourth-order valence-corrected chi connectivity index (χ4v) is 4.82. The maximum atomic E-state index is 12.5. The molecule has 134 valence electrons. The zero-order valence-corrected chi connectivity index (χ0v) is 15.6. The fraction of sp³-hybridized carbons (Fsp3) is 0.421. The van der Waals surface area contributed by atoms with Gasteiger partial charge in [0.2, 0.25) is 10.0 Å². The Morgan fingerprint density at radius 3 is 2.60 bits per heavy atom. The summed E-state index contributed by atoms with van der Waals surface area (Å²) in [7, 11) is -3.46. The molecule has 0 saturated heterocycles. The second-order valence-electron chi connectivity index (χ2n) is 6.26. The summed E-state index contributed by atoms with van der Waals surface area (Å²) in [6, 6.07) is 12.1. The Kier molecular flexibility index (Phi) is 5.39. The molecule has 0 unspecified atom stereocenters. The molecule has 1 aromatic carbocycles. The Labute approximate surface area is 150 Å². The average molecular weight is 359 g/mol. The van der Waals surface area contributed by atoms with E-state index in [1.165, 1.54) is 21.6 Å². The van der Waals surface area contributed by atoms with Crippen LogP contribution in [0, 0.1) is 0 Å². The van der Waals surface area contributed by atoms with Crippen LogP contribution in [0.1, 0.15) is 43.9 Å². The Balaban J connectivity index is 1.78. The van der Waals surface area contributed by atoms with Crippen molar-refractivity contribution in [1.82, 2.24) is 9.29 Å². The number of nitrogens with zero attached hydrogens (tertiary/aromatic N) is 2. The zero-order chi connectivity index (χ0) is 17.9. The number of hydrogen-bond donors (Lipinski definition) is 1. The van der Waals surface area contributed by atoms with Crippen LogP contribution in [0.2, 0.25) is 0 Å². The number of anilines is 1. The maximum absolute atomic E-state index is 12.5. The molecule has 1 aromatic heterocycles. The largest absolute Gasteiger partial charge is 0.363 e.